The Bertz CT molecular complexity index is 1220. The van der Waals surface area contributed by atoms with Crippen LogP contribution in [0.3, 0.4) is 0 Å². The fourth-order valence-electron chi connectivity index (χ4n) is 4.60. The van der Waals surface area contributed by atoms with Gasteiger partial charge in [-0.15, -0.1) is 0 Å². The summed E-state index contributed by atoms with van der Waals surface area (Å²) in [7, 11) is 0. The van der Waals surface area contributed by atoms with Crippen molar-refractivity contribution in [3.8, 4) is 0 Å². The van der Waals surface area contributed by atoms with E-state index in [9.17, 15) is 9.18 Å². The fourth-order valence-corrected chi connectivity index (χ4v) is 4.60. The Labute approximate surface area is 174 Å². The van der Waals surface area contributed by atoms with Crippen molar-refractivity contribution in [1.82, 2.24) is 14.5 Å². The number of fused-ring (bicyclic) bond motifs is 3. The quantitative estimate of drug-likeness (QED) is 0.553. The number of halogens is 1. The van der Waals surface area contributed by atoms with Crippen LogP contribution in [0.4, 0.5) is 4.39 Å². The van der Waals surface area contributed by atoms with Crippen molar-refractivity contribution in [2.45, 2.75) is 25.8 Å². The van der Waals surface area contributed by atoms with Gasteiger partial charge in [0.25, 0.3) is 0 Å². The number of piperidine rings is 1. The number of rotatable bonds is 5. The molecule has 0 amide bonds. The molecule has 3 heterocycles. The third kappa shape index (κ3) is 3.75. The molecule has 0 spiro atoms. The molecule has 5 rings (SSSR count). The van der Waals surface area contributed by atoms with E-state index in [0.717, 1.165) is 37.5 Å². The van der Waals surface area contributed by atoms with Gasteiger partial charge in [0.2, 0.25) is 6.33 Å². The first kappa shape index (κ1) is 19.0. The lowest BCUT2D eigenvalue weighted by molar-refractivity contribution is -0.352. The van der Waals surface area contributed by atoms with Crippen molar-refractivity contribution in [3.05, 3.63) is 76.6 Å². The molecule has 4 aromatic rings. The fraction of sp³-hybridized carbons (Fsp3) is 0.333. The molecule has 30 heavy (non-hydrogen) atoms. The van der Waals surface area contributed by atoms with Crippen molar-refractivity contribution in [2.24, 2.45) is 5.92 Å². The second-order valence-corrected chi connectivity index (χ2v) is 8.31. The molecule has 0 aliphatic carbocycles. The average Bonchev–Trinajstić information content (AvgIpc) is 3.14. The molecule has 154 valence electrons. The van der Waals surface area contributed by atoms with Gasteiger partial charge in [0.05, 0.1) is 10.9 Å². The minimum Gasteiger partial charge on any atom is -0.345 e. The van der Waals surface area contributed by atoms with Crippen LogP contribution in [0.15, 0.2) is 59.7 Å². The van der Waals surface area contributed by atoms with Gasteiger partial charge in [-0.05, 0) is 62.0 Å². The molecule has 1 fully saturated rings. The normalized spacial score (nSPS) is 15.9. The third-order valence-corrected chi connectivity index (χ3v) is 6.33. The lowest BCUT2D eigenvalue weighted by atomic mass is 9.90. The Morgan fingerprint density at radius 1 is 1.07 bits per heavy atom. The van der Waals surface area contributed by atoms with Gasteiger partial charge in [-0.1, -0.05) is 30.3 Å². The number of hydrogen-bond donors (Lipinski definition) is 1. The number of H-pyrrole nitrogens is 2. The molecule has 2 N–H and O–H groups in total. The topological polar surface area (TPSA) is 55.2 Å². The molecule has 1 saturated heterocycles. The van der Waals surface area contributed by atoms with Crippen LogP contribution in [0.5, 0.6) is 0 Å². The number of aromatic amines is 2. The van der Waals surface area contributed by atoms with Crippen LogP contribution < -0.4 is 10.5 Å². The zero-order valence-electron chi connectivity index (χ0n) is 16.9. The van der Waals surface area contributed by atoms with E-state index >= 15 is 0 Å². The number of nitrogens with one attached hydrogen (secondary N) is 2. The van der Waals surface area contributed by atoms with Crippen LogP contribution in [-0.2, 0) is 13.0 Å². The first-order valence-corrected chi connectivity index (χ1v) is 10.7. The van der Waals surface area contributed by atoms with Crippen LogP contribution in [-0.4, -0.2) is 34.1 Å². The zero-order chi connectivity index (χ0) is 20.5. The number of aromatic nitrogens is 3. The monoisotopic (exact) mass is 405 g/mol. The largest absolute Gasteiger partial charge is 0.361 e. The van der Waals surface area contributed by atoms with Crippen molar-refractivity contribution in [3.63, 3.8) is 0 Å². The molecule has 1 aliphatic heterocycles. The second kappa shape index (κ2) is 8.03. The Kier molecular flexibility index (Phi) is 5.09. The maximum Gasteiger partial charge on any atom is 0.361 e. The minimum atomic E-state index is -0.309. The second-order valence-electron chi connectivity index (χ2n) is 8.31. The molecule has 0 radical (unpaired) electrons. The molecule has 0 unspecified atom stereocenters. The smallest absolute Gasteiger partial charge is 0.345 e. The molecular formula is C24H26FN4O+. The van der Waals surface area contributed by atoms with Crippen LogP contribution in [0.1, 0.15) is 18.4 Å². The SMILES string of the molecule is O=c1c2[nH]c3ccc(F)cc3c2[nH+]cn1CCN1CCC(Cc2ccccc2)CC1. The van der Waals surface area contributed by atoms with Gasteiger partial charge < -0.3 is 4.98 Å². The van der Waals surface area contributed by atoms with Crippen LogP contribution in [0, 0.1) is 11.7 Å². The molecule has 2 aromatic heterocycles. The molecule has 2 aromatic carbocycles. The van der Waals surface area contributed by atoms with Gasteiger partial charge in [-0.2, -0.15) is 4.57 Å². The van der Waals surface area contributed by atoms with E-state index in [0.29, 0.717) is 23.0 Å². The van der Waals surface area contributed by atoms with Gasteiger partial charge in [-0.3, -0.25) is 4.90 Å². The number of likely N-dealkylation sites (tertiary alicyclic amines) is 1. The van der Waals surface area contributed by atoms with E-state index in [1.54, 1.807) is 17.0 Å². The summed E-state index contributed by atoms with van der Waals surface area (Å²) >= 11 is 0. The summed E-state index contributed by atoms with van der Waals surface area (Å²) in [6.45, 7) is 3.64. The summed E-state index contributed by atoms with van der Waals surface area (Å²) in [6, 6.07) is 15.2. The first-order valence-electron chi connectivity index (χ1n) is 10.7. The highest BCUT2D eigenvalue weighted by atomic mass is 19.1. The lowest BCUT2D eigenvalue weighted by Gasteiger charge is -2.31. The summed E-state index contributed by atoms with van der Waals surface area (Å²) in [5, 5.41) is 0.703. The average molecular weight is 405 g/mol. The minimum absolute atomic E-state index is 0.0701. The molecule has 1 aliphatic rings. The van der Waals surface area contributed by atoms with Crippen molar-refractivity contribution < 1.29 is 9.37 Å². The maximum absolute atomic E-state index is 13.6. The molecule has 0 bridgehead atoms. The molecule has 6 heteroatoms. The maximum atomic E-state index is 13.6. The number of benzene rings is 2. The van der Waals surface area contributed by atoms with Gasteiger partial charge in [0.1, 0.15) is 12.4 Å². The molecule has 5 nitrogen and oxygen atoms in total. The summed E-state index contributed by atoms with van der Waals surface area (Å²) in [6.07, 6.45) is 5.26. The van der Waals surface area contributed by atoms with Crippen molar-refractivity contribution in [2.75, 3.05) is 19.6 Å². The van der Waals surface area contributed by atoms with E-state index in [1.165, 1.54) is 30.5 Å². The van der Waals surface area contributed by atoms with Gasteiger partial charge >= 0.3 is 5.56 Å². The molecule has 0 saturated carbocycles. The summed E-state index contributed by atoms with van der Waals surface area (Å²) < 4.78 is 15.3. The Hall–Kier alpha value is -2.99. The van der Waals surface area contributed by atoms with E-state index in [2.05, 4.69) is 45.2 Å². The Balaban J connectivity index is 1.23. The van der Waals surface area contributed by atoms with Gasteiger partial charge in [-0.25, -0.2) is 14.2 Å². The predicted octanol–water partition coefficient (Wildman–Crippen LogP) is 3.39. The highest BCUT2D eigenvalue weighted by Gasteiger charge is 2.21. The predicted molar refractivity (Wildman–Crippen MR) is 116 cm³/mol. The summed E-state index contributed by atoms with van der Waals surface area (Å²) in [5.74, 6) is 0.430. The summed E-state index contributed by atoms with van der Waals surface area (Å²) in [5.41, 5.74) is 3.27. The van der Waals surface area contributed by atoms with E-state index in [-0.39, 0.29) is 11.4 Å². The lowest BCUT2D eigenvalue weighted by Crippen LogP contribution is -2.38. The van der Waals surface area contributed by atoms with E-state index in [4.69, 9.17) is 0 Å². The van der Waals surface area contributed by atoms with Crippen LogP contribution >= 0.6 is 0 Å². The number of hydrogen-bond acceptors (Lipinski definition) is 2. The zero-order valence-corrected chi connectivity index (χ0v) is 16.9. The highest BCUT2D eigenvalue weighted by molar-refractivity contribution is 6.02. The standard InChI is InChI=1S/C24H25FN4O/c25-19-6-7-21-20(15-19)22-23(27-21)24(30)29(16-26-22)13-12-28-10-8-18(9-11-28)14-17-4-2-1-3-5-17/h1-7,15-16,18,27H,8-14H2/p+1. The highest BCUT2D eigenvalue weighted by Crippen LogP contribution is 2.22. The van der Waals surface area contributed by atoms with E-state index < -0.39 is 0 Å². The van der Waals surface area contributed by atoms with Crippen LogP contribution in [0.2, 0.25) is 0 Å². The Morgan fingerprint density at radius 3 is 2.67 bits per heavy atom. The van der Waals surface area contributed by atoms with Crippen molar-refractivity contribution in [1.29, 1.82) is 0 Å². The first-order chi connectivity index (χ1) is 14.7. The van der Waals surface area contributed by atoms with Gasteiger partial charge in [0.15, 0.2) is 11.0 Å². The number of nitrogens with zero attached hydrogens (tertiary/aromatic N) is 2. The molecular weight excluding hydrogens is 379 g/mol. The Morgan fingerprint density at radius 2 is 1.87 bits per heavy atom. The third-order valence-electron chi connectivity index (χ3n) is 6.33. The molecule has 0 atom stereocenters. The van der Waals surface area contributed by atoms with E-state index in [1.807, 2.05) is 0 Å². The van der Waals surface area contributed by atoms with Gasteiger partial charge in [0, 0.05) is 6.54 Å². The van der Waals surface area contributed by atoms with Crippen LogP contribution in [0.25, 0.3) is 21.9 Å². The van der Waals surface area contributed by atoms with Crippen molar-refractivity contribution >= 4 is 21.9 Å². The summed E-state index contributed by atoms with van der Waals surface area (Å²) in [4.78, 5) is 21.7.